The van der Waals surface area contributed by atoms with Crippen molar-refractivity contribution >= 4 is 11.6 Å². The first-order valence-electron chi connectivity index (χ1n) is 6.36. The number of hydrogen-bond donors (Lipinski definition) is 1. The Bertz CT molecular complexity index is 542. The van der Waals surface area contributed by atoms with Gasteiger partial charge in [0.2, 0.25) is 0 Å². The van der Waals surface area contributed by atoms with Crippen LogP contribution in [0.3, 0.4) is 0 Å². The van der Waals surface area contributed by atoms with Crippen molar-refractivity contribution in [2.75, 3.05) is 13.6 Å². The molecular weight excluding hydrogens is 277 g/mol. The van der Waals surface area contributed by atoms with Gasteiger partial charge in [0, 0.05) is 30.4 Å². The van der Waals surface area contributed by atoms with Crippen LogP contribution in [0.5, 0.6) is 0 Å². The summed E-state index contributed by atoms with van der Waals surface area (Å²) in [6, 6.07) is 10.2. The van der Waals surface area contributed by atoms with E-state index in [0.717, 1.165) is 11.3 Å². The third kappa shape index (κ3) is 3.76. The Labute approximate surface area is 123 Å². The molecule has 0 saturated carbocycles. The molecule has 20 heavy (non-hydrogen) atoms. The van der Waals surface area contributed by atoms with Gasteiger partial charge in [-0.25, -0.2) is 4.39 Å². The first kappa shape index (κ1) is 14.9. The third-order valence-electron chi connectivity index (χ3n) is 3.16. The smallest absolute Gasteiger partial charge is 0.125 e. The van der Waals surface area contributed by atoms with Crippen LogP contribution in [0.1, 0.15) is 17.3 Å². The number of halogens is 2. The van der Waals surface area contributed by atoms with Gasteiger partial charge in [-0.2, -0.15) is 0 Å². The van der Waals surface area contributed by atoms with Gasteiger partial charge in [-0.15, -0.1) is 0 Å². The van der Waals surface area contributed by atoms with E-state index in [1.807, 2.05) is 30.1 Å². The van der Waals surface area contributed by atoms with E-state index in [2.05, 4.69) is 4.98 Å². The molecule has 2 aromatic rings. The van der Waals surface area contributed by atoms with Crippen LogP contribution in [0, 0.1) is 5.82 Å². The lowest BCUT2D eigenvalue weighted by Crippen LogP contribution is -2.30. The minimum Gasteiger partial charge on any atom is -0.329 e. The maximum atomic E-state index is 13.5. The number of rotatable bonds is 5. The zero-order chi connectivity index (χ0) is 14.5. The monoisotopic (exact) mass is 293 g/mol. The number of aromatic nitrogens is 1. The maximum Gasteiger partial charge on any atom is 0.125 e. The van der Waals surface area contributed by atoms with Gasteiger partial charge in [0.25, 0.3) is 0 Å². The number of pyridine rings is 1. The largest absolute Gasteiger partial charge is 0.329 e. The lowest BCUT2D eigenvalue weighted by Gasteiger charge is -2.27. The second kappa shape index (κ2) is 6.79. The molecular formula is C15H17ClFN3. The molecule has 5 heteroatoms. The average Bonchev–Trinajstić information content (AvgIpc) is 2.39. The van der Waals surface area contributed by atoms with Gasteiger partial charge in [-0.1, -0.05) is 17.7 Å². The summed E-state index contributed by atoms with van der Waals surface area (Å²) in [6.07, 6.45) is 1.75. The average molecular weight is 294 g/mol. The van der Waals surface area contributed by atoms with Gasteiger partial charge in [0.15, 0.2) is 0 Å². The Hall–Kier alpha value is -1.49. The molecule has 1 aromatic heterocycles. The third-order valence-corrected chi connectivity index (χ3v) is 3.38. The second-order valence-electron chi connectivity index (χ2n) is 4.69. The molecule has 0 aliphatic carbocycles. The number of likely N-dealkylation sites (N-methyl/N-ethyl adjacent to an activating group) is 1. The number of benzene rings is 1. The van der Waals surface area contributed by atoms with Crippen LogP contribution in [0.2, 0.25) is 5.02 Å². The summed E-state index contributed by atoms with van der Waals surface area (Å²) in [4.78, 5) is 6.32. The molecule has 2 rings (SSSR count). The quantitative estimate of drug-likeness (QED) is 0.921. The summed E-state index contributed by atoms with van der Waals surface area (Å²) in [7, 11) is 1.94. The summed E-state index contributed by atoms with van der Waals surface area (Å²) in [5.74, 6) is -0.350. The van der Waals surface area contributed by atoms with Crippen molar-refractivity contribution < 1.29 is 4.39 Å². The molecule has 0 bridgehead atoms. The number of hydrogen-bond acceptors (Lipinski definition) is 3. The zero-order valence-electron chi connectivity index (χ0n) is 11.3. The summed E-state index contributed by atoms with van der Waals surface area (Å²) >= 11 is 5.90. The highest BCUT2D eigenvalue weighted by atomic mass is 35.5. The normalized spacial score (nSPS) is 12.7. The zero-order valence-corrected chi connectivity index (χ0v) is 12.0. The van der Waals surface area contributed by atoms with Gasteiger partial charge in [-0.3, -0.25) is 9.88 Å². The minimum absolute atomic E-state index is 0.106. The Morgan fingerprint density at radius 1 is 1.35 bits per heavy atom. The molecule has 106 valence electrons. The van der Waals surface area contributed by atoms with Crippen LogP contribution < -0.4 is 5.73 Å². The van der Waals surface area contributed by atoms with Crippen LogP contribution >= 0.6 is 11.6 Å². The molecule has 3 nitrogen and oxygen atoms in total. The predicted octanol–water partition coefficient (Wildman–Crippen LogP) is 3.01. The highest BCUT2D eigenvalue weighted by Gasteiger charge is 2.17. The summed E-state index contributed by atoms with van der Waals surface area (Å²) < 4.78 is 13.5. The topological polar surface area (TPSA) is 42.2 Å². The van der Waals surface area contributed by atoms with Crippen molar-refractivity contribution in [2.45, 2.75) is 12.6 Å². The van der Waals surface area contributed by atoms with Gasteiger partial charge >= 0.3 is 0 Å². The molecule has 1 atom stereocenters. The highest BCUT2D eigenvalue weighted by Crippen LogP contribution is 2.24. The highest BCUT2D eigenvalue weighted by molar-refractivity contribution is 6.30. The van der Waals surface area contributed by atoms with Crippen LogP contribution in [0.15, 0.2) is 42.6 Å². The molecule has 1 heterocycles. The fraction of sp³-hybridized carbons (Fsp3) is 0.267. The van der Waals surface area contributed by atoms with E-state index >= 15 is 0 Å². The fourth-order valence-corrected chi connectivity index (χ4v) is 2.43. The fourth-order valence-electron chi connectivity index (χ4n) is 2.20. The standard InChI is InChI=1S/C15H17ClFN3/c1-20(10-14-4-2-3-5-19-14)15(9-18)11-6-12(16)8-13(17)7-11/h2-8,15H,9-10,18H2,1H3. The van der Waals surface area contributed by atoms with E-state index in [-0.39, 0.29) is 11.9 Å². The number of nitrogens with two attached hydrogens (primary N) is 1. The Balaban J connectivity index is 2.18. The minimum atomic E-state index is -0.350. The molecule has 1 aromatic carbocycles. The summed E-state index contributed by atoms with van der Waals surface area (Å²) in [5, 5.41) is 0.379. The molecule has 0 amide bonds. The van der Waals surface area contributed by atoms with Gasteiger partial charge in [0.1, 0.15) is 5.82 Å². The van der Waals surface area contributed by atoms with E-state index < -0.39 is 0 Å². The Kier molecular flexibility index (Phi) is 5.06. The van der Waals surface area contributed by atoms with E-state index in [1.165, 1.54) is 12.1 Å². The van der Waals surface area contributed by atoms with Crippen LogP contribution in [-0.4, -0.2) is 23.5 Å². The lowest BCUT2D eigenvalue weighted by atomic mass is 10.1. The van der Waals surface area contributed by atoms with Crippen LogP contribution in [0.25, 0.3) is 0 Å². The second-order valence-corrected chi connectivity index (χ2v) is 5.13. The molecule has 0 radical (unpaired) electrons. The SMILES string of the molecule is CN(Cc1ccccn1)C(CN)c1cc(F)cc(Cl)c1. The van der Waals surface area contributed by atoms with E-state index in [1.54, 1.807) is 12.3 Å². The molecule has 0 spiro atoms. The van der Waals surface area contributed by atoms with E-state index in [9.17, 15) is 4.39 Å². The van der Waals surface area contributed by atoms with Crippen molar-refractivity contribution in [1.29, 1.82) is 0 Å². The van der Waals surface area contributed by atoms with Gasteiger partial charge < -0.3 is 5.73 Å². The van der Waals surface area contributed by atoms with Crippen LogP contribution in [0.4, 0.5) is 4.39 Å². The van der Waals surface area contributed by atoms with Crippen molar-refractivity contribution in [3.8, 4) is 0 Å². The molecule has 2 N–H and O–H groups in total. The molecule has 0 fully saturated rings. The van der Waals surface area contributed by atoms with Crippen molar-refractivity contribution in [1.82, 2.24) is 9.88 Å². The van der Waals surface area contributed by atoms with E-state index in [4.69, 9.17) is 17.3 Å². The molecule has 0 saturated heterocycles. The van der Waals surface area contributed by atoms with Crippen molar-refractivity contribution in [3.63, 3.8) is 0 Å². The molecule has 0 aliphatic heterocycles. The maximum absolute atomic E-state index is 13.5. The van der Waals surface area contributed by atoms with Crippen molar-refractivity contribution in [3.05, 3.63) is 64.7 Å². The van der Waals surface area contributed by atoms with E-state index in [0.29, 0.717) is 18.1 Å². The number of nitrogens with zero attached hydrogens (tertiary/aromatic N) is 2. The van der Waals surface area contributed by atoms with Gasteiger partial charge in [-0.05, 0) is 42.9 Å². The summed E-state index contributed by atoms with van der Waals surface area (Å²) in [5.41, 5.74) is 7.55. The Morgan fingerprint density at radius 3 is 2.75 bits per heavy atom. The Morgan fingerprint density at radius 2 is 2.15 bits per heavy atom. The molecule has 0 aliphatic rings. The predicted molar refractivity (Wildman–Crippen MR) is 78.9 cm³/mol. The van der Waals surface area contributed by atoms with Crippen molar-refractivity contribution in [2.24, 2.45) is 5.73 Å². The summed E-state index contributed by atoms with van der Waals surface area (Å²) in [6.45, 7) is 1.01. The molecule has 1 unspecified atom stereocenters. The first-order valence-corrected chi connectivity index (χ1v) is 6.74. The van der Waals surface area contributed by atoms with Gasteiger partial charge in [0.05, 0.1) is 5.69 Å². The lowest BCUT2D eigenvalue weighted by molar-refractivity contribution is 0.238. The first-order chi connectivity index (χ1) is 9.60. The van der Waals surface area contributed by atoms with Crippen LogP contribution in [-0.2, 0) is 6.54 Å².